The SMILES string of the molecule is CC1CCN(CCNC(=O)C2(C)CCNCC2)CC1. The molecule has 0 saturated carbocycles. The summed E-state index contributed by atoms with van der Waals surface area (Å²) in [4.78, 5) is 14.7. The van der Waals surface area contributed by atoms with Gasteiger partial charge in [-0.05, 0) is 57.8 Å². The second-order valence-electron chi connectivity index (χ2n) is 6.59. The number of rotatable bonds is 4. The van der Waals surface area contributed by atoms with Crippen molar-refractivity contribution in [2.45, 2.75) is 39.5 Å². The molecule has 0 aromatic carbocycles. The van der Waals surface area contributed by atoms with E-state index in [1.807, 2.05) is 0 Å². The zero-order valence-corrected chi connectivity index (χ0v) is 12.5. The predicted octanol–water partition coefficient (Wildman–Crippen LogP) is 1.22. The molecule has 2 N–H and O–H groups in total. The monoisotopic (exact) mass is 267 g/mol. The van der Waals surface area contributed by atoms with E-state index < -0.39 is 0 Å². The van der Waals surface area contributed by atoms with E-state index >= 15 is 0 Å². The fourth-order valence-electron chi connectivity index (χ4n) is 3.03. The number of carbonyl (C=O) groups is 1. The third kappa shape index (κ3) is 4.18. The highest BCUT2D eigenvalue weighted by Crippen LogP contribution is 2.27. The van der Waals surface area contributed by atoms with Crippen LogP contribution in [0.5, 0.6) is 0 Å². The molecule has 110 valence electrons. The highest BCUT2D eigenvalue weighted by Gasteiger charge is 2.34. The Hall–Kier alpha value is -0.610. The third-order valence-electron chi connectivity index (χ3n) is 4.85. The van der Waals surface area contributed by atoms with Gasteiger partial charge in [-0.25, -0.2) is 0 Å². The van der Waals surface area contributed by atoms with Crippen LogP contribution in [0.25, 0.3) is 0 Å². The number of likely N-dealkylation sites (tertiary alicyclic amines) is 1. The third-order valence-corrected chi connectivity index (χ3v) is 4.85. The van der Waals surface area contributed by atoms with Gasteiger partial charge < -0.3 is 15.5 Å². The summed E-state index contributed by atoms with van der Waals surface area (Å²) in [6, 6.07) is 0. The molecular weight excluding hydrogens is 238 g/mol. The molecule has 4 nitrogen and oxygen atoms in total. The summed E-state index contributed by atoms with van der Waals surface area (Å²) in [5.41, 5.74) is -0.151. The molecule has 0 spiro atoms. The van der Waals surface area contributed by atoms with E-state index in [1.54, 1.807) is 0 Å². The van der Waals surface area contributed by atoms with Crippen LogP contribution in [0, 0.1) is 11.3 Å². The summed E-state index contributed by atoms with van der Waals surface area (Å²) < 4.78 is 0. The van der Waals surface area contributed by atoms with Gasteiger partial charge in [0.2, 0.25) is 5.91 Å². The van der Waals surface area contributed by atoms with Crippen LogP contribution in [-0.4, -0.2) is 50.1 Å². The van der Waals surface area contributed by atoms with Crippen molar-refractivity contribution in [3.63, 3.8) is 0 Å². The van der Waals surface area contributed by atoms with Gasteiger partial charge in [-0.15, -0.1) is 0 Å². The van der Waals surface area contributed by atoms with Crippen molar-refractivity contribution in [2.75, 3.05) is 39.3 Å². The molecule has 0 unspecified atom stereocenters. The summed E-state index contributed by atoms with van der Waals surface area (Å²) >= 11 is 0. The van der Waals surface area contributed by atoms with Crippen molar-refractivity contribution in [3.8, 4) is 0 Å². The molecule has 0 aromatic rings. The van der Waals surface area contributed by atoms with Crippen LogP contribution in [0.15, 0.2) is 0 Å². The molecule has 2 rings (SSSR count). The number of nitrogens with one attached hydrogen (secondary N) is 2. The first-order valence-corrected chi connectivity index (χ1v) is 7.81. The van der Waals surface area contributed by atoms with Crippen LogP contribution in [0.3, 0.4) is 0 Å². The van der Waals surface area contributed by atoms with Gasteiger partial charge >= 0.3 is 0 Å². The van der Waals surface area contributed by atoms with Crippen LogP contribution in [0.1, 0.15) is 39.5 Å². The first kappa shape index (κ1) is 14.8. The molecule has 0 aliphatic carbocycles. The van der Waals surface area contributed by atoms with E-state index in [1.165, 1.54) is 25.9 Å². The minimum absolute atomic E-state index is 0.151. The molecule has 19 heavy (non-hydrogen) atoms. The molecule has 0 aromatic heterocycles. The van der Waals surface area contributed by atoms with E-state index in [2.05, 4.69) is 29.4 Å². The maximum absolute atomic E-state index is 12.3. The lowest BCUT2D eigenvalue weighted by atomic mass is 9.80. The molecule has 2 fully saturated rings. The molecule has 1 amide bonds. The Kier molecular flexibility index (Phi) is 5.22. The second-order valence-corrected chi connectivity index (χ2v) is 6.59. The lowest BCUT2D eigenvalue weighted by Crippen LogP contribution is -2.47. The van der Waals surface area contributed by atoms with Gasteiger partial charge in [0.05, 0.1) is 0 Å². The lowest BCUT2D eigenvalue weighted by molar-refractivity contribution is -0.131. The highest BCUT2D eigenvalue weighted by atomic mass is 16.2. The number of hydrogen-bond donors (Lipinski definition) is 2. The Morgan fingerprint density at radius 2 is 1.95 bits per heavy atom. The average Bonchev–Trinajstić information content (AvgIpc) is 2.42. The molecule has 4 heteroatoms. The van der Waals surface area contributed by atoms with E-state index in [-0.39, 0.29) is 11.3 Å². The van der Waals surface area contributed by atoms with Gasteiger partial charge in [0.25, 0.3) is 0 Å². The fourth-order valence-corrected chi connectivity index (χ4v) is 3.03. The van der Waals surface area contributed by atoms with Crippen LogP contribution in [0.4, 0.5) is 0 Å². The highest BCUT2D eigenvalue weighted by molar-refractivity contribution is 5.82. The Balaban J connectivity index is 1.66. The van der Waals surface area contributed by atoms with E-state index in [9.17, 15) is 4.79 Å². The van der Waals surface area contributed by atoms with E-state index in [0.717, 1.165) is 44.9 Å². The molecule has 2 saturated heterocycles. The maximum Gasteiger partial charge on any atom is 0.226 e. The normalized spacial score (nSPS) is 25.2. The van der Waals surface area contributed by atoms with E-state index in [0.29, 0.717) is 0 Å². The minimum atomic E-state index is -0.151. The number of nitrogens with zero attached hydrogens (tertiary/aromatic N) is 1. The first-order chi connectivity index (χ1) is 9.10. The number of amides is 1. The smallest absolute Gasteiger partial charge is 0.226 e. The zero-order chi connectivity index (χ0) is 13.7. The van der Waals surface area contributed by atoms with Crippen LogP contribution >= 0.6 is 0 Å². The Labute approximate surface area is 117 Å². The van der Waals surface area contributed by atoms with E-state index in [4.69, 9.17) is 0 Å². The minimum Gasteiger partial charge on any atom is -0.354 e. The Bertz CT molecular complexity index is 292. The van der Waals surface area contributed by atoms with Crippen molar-refractivity contribution in [1.29, 1.82) is 0 Å². The van der Waals surface area contributed by atoms with Crippen molar-refractivity contribution in [3.05, 3.63) is 0 Å². The molecule has 0 bridgehead atoms. The second kappa shape index (κ2) is 6.71. The van der Waals surface area contributed by atoms with Gasteiger partial charge in [0.15, 0.2) is 0 Å². The Morgan fingerprint density at radius 1 is 1.32 bits per heavy atom. The topological polar surface area (TPSA) is 44.4 Å². The summed E-state index contributed by atoms with van der Waals surface area (Å²) in [7, 11) is 0. The van der Waals surface area contributed by atoms with Crippen molar-refractivity contribution in [2.24, 2.45) is 11.3 Å². The number of carbonyl (C=O) groups excluding carboxylic acids is 1. The standard InChI is InChI=1S/C15H29N3O/c1-13-3-10-18(11-4-13)12-9-17-14(19)15(2)5-7-16-8-6-15/h13,16H,3-12H2,1-2H3,(H,17,19). The average molecular weight is 267 g/mol. The van der Waals surface area contributed by atoms with Crippen molar-refractivity contribution in [1.82, 2.24) is 15.5 Å². The van der Waals surface area contributed by atoms with Crippen LogP contribution < -0.4 is 10.6 Å². The quantitative estimate of drug-likeness (QED) is 0.805. The van der Waals surface area contributed by atoms with Gasteiger partial charge in [-0.3, -0.25) is 4.79 Å². The van der Waals surface area contributed by atoms with Crippen molar-refractivity contribution < 1.29 is 4.79 Å². The van der Waals surface area contributed by atoms with Gasteiger partial charge in [-0.2, -0.15) is 0 Å². The van der Waals surface area contributed by atoms with Gasteiger partial charge in [0, 0.05) is 18.5 Å². The molecular formula is C15H29N3O. The largest absolute Gasteiger partial charge is 0.354 e. The zero-order valence-electron chi connectivity index (χ0n) is 12.5. The predicted molar refractivity (Wildman–Crippen MR) is 78.1 cm³/mol. The molecule has 2 aliphatic heterocycles. The summed E-state index contributed by atoms with van der Waals surface area (Å²) in [6.07, 6.45) is 4.52. The summed E-state index contributed by atoms with van der Waals surface area (Å²) in [5, 5.41) is 6.46. The first-order valence-electron chi connectivity index (χ1n) is 7.81. The van der Waals surface area contributed by atoms with Crippen LogP contribution in [0.2, 0.25) is 0 Å². The lowest BCUT2D eigenvalue weighted by Gasteiger charge is -2.33. The Morgan fingerprint density at radius 3 is 2.58 bits per heavy atom. The van der Waals surface area contributed by atoms with Gasteiger partial charge in [-0.1, -0.05) is 13.8 Å². The molecule has 0 radical (unpaired) electrons. The summed E-state index contributed by atoms with van der Waals surface area (Å²) in [5.74, 6) is 1.12. The van der Waals surface area contributed by atoms with Crippen LogP contribution in [-0.2, 0) is 4.79 Å². The molecule has 2 heterocycles. The fraction of sp³-hybridized carbons (Fsp3) is 0.933. The molecule has 0 atom stereocenters. The number of piperidine rings is 2. The van der Waals surface area contributed by atoms with Gasteiger partial charge in [0.1, 0.15) is 0 Å². The maximum atomic E-state index is 12.3. The molecule has 2 aliphatic rings. The van der Waals surface area contributed by atoms with Crippen molar-refractivity contribution >= 4 is 5.91 Å². The number of hydrogen-bond acceptors (Lipinski definition) is 3. The summed E-state index contributed by atoms with van der Waals surface area (Å²) in [6.45, 7) is 10.6.